The van der Waals surface area contributed by atoms with E-state index in [9.17, 15) is 13.6 Å². The van der Waals surface area contributed by atoms with Gasteiger partial charge in [-0.05, 0) is 24.6 Å². The van der Waals surface area contributed by atoms with Crippen LogP contribution in [0, 0.1) is 18.6 Å². The molecule has 0 aromatic heterocycles. The Hall–Kier alpha value is -2.43. The molecule has 110 valence electrons. The summed E-state index contributed by atoms with van der Waals surface area (Å²) in [7, 11) is 1.56. The Labute approximate surface area is 121 Å². The third-order valence-electron chi connectivity index (χ3n) is 3.15. The van der Waals surface area contributed by atoms with Gasteiger partial charge in [0.25, 0.3) is 0 Å². The number of aryl methyl sites for hydroxylation is 1. The molecule has 3 nitrogen and oxygen atoms in total. The molecule has 0 fully saturated rings. The number of carbonyl (C=O) groups is 1. The normalized spacial score (nSPS) is 10.5. The molecule has 0 spiro atoms. The molecule has 0 aliphatic heterocycles. The van der Waals surface area contributed by atoms with Gasteiger partial charge in [0.2, 0.25) is 0 Å². The molecule has 0 saturated carbocycles. The lowest BCUT2D eigenvalue weighted by Crippen LogP contribution is -2.20. The van der Waals surface area contributed by atoms with E-state index < -0.39 is 23.2 Å². The summed E-state index contributed by atoms with van der Waals surface area (Å²) in [6.07, 6.45) is 0. The number of nitrogens with zero attached hydrogens (tertiary/aromatic N) is 1. The van der Waals surface area contributed by atoms with Gasteiger partial charge in [0, 0.05) is 13.6 Å². The van der Waals surface area contributed by atoms with E-state index >= 15 is 0 Å². The summed E-state index contributed by atoms with van der Waals surface area (Å²) < 4.78 is 27.9. The fraction of sp³-hybridized carbons (Fsp3) is 0.188. The van der Waals surface area contributed by atoms with Crippen molar-refractivity contribution in [3.8, 4) is 0 Å². The zero-order chi connectivity index (χ0) is 15.6. The lowest BCUT2D eigenvalue weighted by atomic mass is 10.1. The quantitative estimate of drug-likeness (QED) is 0.935. The van der Waals surface area contributed by atoms with Crippen molar-refractivity contribution in [1.29, 1.82) is 0 Å². The average Bonchev–Trinajstić information content (AvgIpc) is 2.37. The highest BCUT2D eigenvalue weighted by Gasteiger charge is 2.18. The van der Waals surface area contributed by atoms with Crippen molar-refractivity contribution in [2.24, 2.45) is 0 Å². The summed E-state index contributed by atoms with van der Waals surface area (Å²) in [5.74, 6) is -3.13. The topological polar surface area (TPSA) is 40.5 Å². The summed E-state index contributed by atoms with van der Waals surface area (Å²) in [6.45, 7) is 2.26. The fourth-order valence-electron chi connectivity index (χ4n) is 2.22. The number of rotatable bonds is 4. The average molecular weight is 291 g/mol. The van der Waals surface area contributed by atoms with E-state index in [2.05, 4.69) is 0 Å². The van der Waals surface area contributed by atoms with Crippen LogP contribution in [-0.2, 0) is 6.54 Å². The molecule has 2 rings (SSSR count). The van der Waals surface area contributed by atoms with Crippen molar-refractivity contribution in [2.45, 2.75) is 13.5 Å². The first-order valence-electron chi connectivity index (χ1n) is 6.37. The van der Waals surface area contributed by atoms with E-state index in [0.29, 0.717) is 6.54 Å². The zero-order valence-corrected chi connectivity index (χ0v) is 11.7. The second kappa shape index (κ2) is 5.91. The van der Waals surface area contributed by atoms with E-state index in [-0.39, 0.29) is 5.69 Å². The number of hydrogen-bond acceptors (Lipinski definition) is 2. The highest BCUT2D eigenvalue weighted by Crippen LogP contribution is 2.25. The Morgan fingerprint density at radius 1 is 1.19 bits per heavy atom. The molecule has 21 heavy (non-hydrogen) atoms. The first-order chi connectivity index (χ1) is 9.88. The van der Waals surface area contributed by atoms with E-state index in [1.54, 1.807) is 7.05 Å². The third-order valence-corrected chi connectivity index (χ3v) is 3.15. The van der Waals surface area contributed by atoms with Crippen molar-refractivity contribution in [3.63, 3.8) is 0 Å². The van der Waals surface area contributed by atoms with Crippen molar-refractivity contribution in [3.05, 3.63) is 64.7 Å². The maximum absolute atomic E-state index is 14.0. The molecule has 2 aromatic rings. The second-order valence-electron chi connectivity index (χ2n) is 4.94. The molecule has 0 atom stereocenters. The molecule has 0 heterocycles. The summed E-state index contributed by atoms with van der Waals surface area (Å²) in [5.41, 5.74) is 1.33. The predicted molar refractivity (Wildman–Crippen MR) is 76.6 cm³/mol. The van der Waals surface area contributed by atoms with Gasteiger partial charge < -0.3 is 10.0 Å². The SMILES string of the molecule is Cc1cccc(CN(C)c2c(F)cc(C(=O)O)cc2F)c1. The molecule has 1 N–H and O–H groups in total. The van der Waals surface area contributed by atoms with Crippen molar-refractivity contribution >= 4 is 11.7 Å². The van der Waals surface area contributed by atoms with Gasteiger partial charge >= 0.3 is 5.97 Å². The van der Waals surface area contributed by atoms with Gasteiger partial charge in [0.1, 0.15) is 17.3 Å². The maximum atomic E-state index is 14.0. The number of halogens is 2. The monoisotopic (exact) mass is 291 g/mol. The van der Waals surface area contributed by atoms with Gasteiger partial charge in [-0.25, -0.2) is 13.6 Å². The van der Waals surface area contributed by atoms with E-state index in [4.69, 9.17) is 5.11 Å². The fourth-order valence-corrected chi connectivity index (χ4v) is 2.22. The Bertz CT molecular complexity index is 663. The van der Waals surface area contributed by atoms with E-state index in [0.717, 1.165) is 23.3 Å². The minimum atomic E-state index is -1.36. The van der Waals surface area contributed by atoms with Crippen molar-refractivity contribution < 1.29 is 18.7 Å². The standard InChI is InChI=1S/C16H15F2NO2/c1-10-4-3-5-11(6-10)9-19(2)15-13(17)7-12(16(20)21)8-14(15)18/h3-8H,9H2,1-2H3,(H,20,21). The molecule has 0 aliphatic rings. The minimum absolute atomic E-state index is 0.235. The predicted octanol–water partition coefficient (Wildman–Crippen LogP) is 3.61. The molecular weight excluding hydrogens is 276 g/mol. The Morgan fingerprint density at radius 3 is 2.33 bits per heavy atom. The van der Waals surface area contributed by atoms with Crippen LogP contribution in [0.1, 0.15) is 21.5 Å². The smallest absolute Gasteiger partial charge is 0.335 e. The van der Waals surface area contributed by atoms with Crippen LogP contribution in [0.2, 0.25) is 0 Å². The van der Waals surface area contributed by atoms with E-state index in [1.165, 1.54) is 4.90 Å². The van der Waals surface area contributed by atoms with Crippen molar-refractivity contribution in [2.75, 3.05) is 11.9 Å². The van der Waals surface area contributed by atoms with Gasteiger partial charge in [-0.2, -0.15) is 0 Å². The summed E-state index contributed by atoms with van der Waals surface area (Å²) in [6, 6.07) is 9.26. The van der Waals surface area contributed by atoms with Gasteiger partial charge in [-0.3, -0.25) is 0 Å². The molecule has 0 amide bonds. The van der Waals surface area contributed by atoms with E-state index in [1.807, 2.05) is 31.2 Å². The number of anilines is 1. The lowest BCUT2D eigenvalue weighted by Gasteiger charge is -2.21. The maximum Gasteiger partial charge on any atom is 0.335 e. The molecule has 0 radical (unpaired) electrons. The second-order valence-corrected chi connectivity index (χ2v) is 4.94. The highest BCUT2D eigenvalue weighted by atomic mass is 19.1. The van der Waals surface area contributed by atoms with Gasteiger partial charge in [0.15, 0.2) is 0 Å². The molecule has 0 bridgehead atoms. The zero-order valence-electron chi connectivity index (χ0n) is 11.7. The number of carboxylic acids is 1. The third kappa shape index (κ3) is 3.37. The molecule has 0 unspecified atom stereocenters. The van der Waals surface area contributed by atoms with Crippen LogP contribution >= 0.6 is 0 Å². The van der Waals surface area contributed by atoms with Crippen LogP contribution in [0.5, 0.6) is 0 Å². The molecule has 5 heteroatoms. The van der Waals surface area contributed by atoms with Crippen LogP contribution in [0.4, 0.5) is 14.5 Å². The molecule has 0 aliphatic carbocycles. The lowest BCUT2D eigenvalue weighted by molar-refractivity contribution is 0.0695. The van der Waals surface area contributed by atoms with Crippen LogP contribution < -0.4 is 4.90 Å². The summed E-state index contributed by atoms with van der Waals surface area (Å²) in [4.78, 5) is 12.2. The molecular formula is C16H15F2NO2. The summed E-state index contributed by atoms with van der Waals surface area (Å²) in [5, 5.41) is 8.78. The van der Waals surface area contributed by atoms with Gasteiger partial charge in [0.05, 0.1) is 5.56 Å². The van der Waals surface area contributed by atoms with Gasteiger partial charge in [-0.15, -0.1) is 0 Å². The van der Waals surface area contributed by atoms with Gasteiger partial charge in [-0.1, -0.05) is 29.8 Å². The first kappa shape index (κ1) is 15.0. The molecule has 2 aromatic carbocycles. The number of benzene rings is 2. The number of aromatic carboxylic acids is 1. The highest BCUT2D eigenvalue weighted by molar-refractivity contribution is 5.88. The largest absolute Gasteiger partial charge is 0.478 e. The molecule has 0 saturated heterocycles. The van der Waals surface area contributed by atoms with Crippen LogP contribution in [0.25, 0.3) is 0 Å². The van der Waals surface area contributed by atoms with Crippen LogP contribution in [0.3, 0.4) is 0 Å². The van der Waals surface area contributed by atoms with Crippen LogP contribution in [-0.4, -0.2) is 18.1 Å². The summed E-state index contributed by atoms with van der Waals surface area (Å²) >= 11 is 0. The number of carboxylic acid groups (broad SMARTS) is 1. The van der Waals surface area contributed by atoms with Crippen molar-refractivity contribution in [1.82, 2.24) is 0 Å². The number of hydrogen-bond donors (Lipinski definition) is 1. The van der Waals surface area contributed by atoms with Crippen LogP contribution in [0.15, 0.2) is 36.4 Å². The Morgan fingerprint density at radius 2 is 1.81 bits per heavy atom. The first-order valence-corrected chi connectivity index (χ1v) is 6.37. The Balaban J connectivity index is 2.31. The Kier molecular flexibility index (Phi) is 4.21. The minimum Gasteiger partial charge on any atom is -0.478 e.